The Morgan fingerprint density at radius 2 is 1.75 bits per heavy atom. The summed E-state index contributed by atoms with van der Waals surface area (Å²) in [5.41, 5.74) is 1.66. The van der Waals surface area contributed by atoms with Gasteiger partial charge in [-0.15, -0.1) is 0 Å². The van der Waals surface area contributed by atoms with Gasteiger partial charge in [-0.3, -0.25) is 4.79 Å². The third-order valence-electron chi connectivity index (χ3n) is 3.47. The van der Waals surface area contributed by atoms with Crippen LogP contribution in [0.4, 0.5) is 0 Å². The lowest BCUT2D eigenvalue weighted by Crippen LogP contribution is -2.14. The molecule has 1 unspecified atom stereocenters. The fourth-order valence-electron chi connectivity index (χ4n) is 2.07. The highest BCUT2D eigenvalue weighted by molar-refractivity contribution is 6.03. The van der Waals surface area contributed by atoms with E-state index in [1.54, 1.807) is 26.8 Å². The third-order valence-corrected chi connectivity index (χ3v) is 3.47. The largest absolute Gasteiger partial charge is 0.392 e. The first-order valence-electron chi connectivity index (χ1n) is 8.29. The Hall–Kier alpha value is -1.49. The smallest absolute Gasteiger partial charge is 0.180 e. The van der Waals surface area contributed by atoms with E-state index < -0.39 is 11.7 Å². The van der Waals surface area contributed by atoms with Crippen LogP contribution >= 0.6 is 0 Å². The number of allylic oxidation sites excluding steroid dienone is 4. The Kier molecular flexibility index (Phi) is 10.4. The number of aliphatic hydroxyl groups is 3. The SMILES string of the molecule is C/C(=C\C(O)C/C(C)=C/CO)CC/C=C(\C)C(=O)/C=C/C(C)(C)O. The maximum absolute atomic E-state index is 11.9. The van der Waals surface area contributed by atoms with E-state index in [1.807, 2.05) is 26.0 Å². The second kappa shape index (κ2) is 11.1. The zero-order valence-electron chi connectivity index (χ0n) is 15.5. The minimum Gasteiger partial charge on any atom is -0.392 e. The molecule has 0 radical (unpaired) electrons. The number of hydrogen-bond acceptors (Lipinski definition) is 4. The van der Waals surface area contributed by atoms with Gasteiger partial charge in [-0.2, -0.15) is 0 Å². The van der Waals surface area contributed by atoms with E-state index in [2.05, 4.69) is 0 Å². The van der Waals surface area contributed by atoms with Crippen LogP contribution in [-0.4, -0.2) is 39.4 Å². The Bertz CT molecular complexity index is 516. The van der Waals surface area contributed by atoms with Crippen LogP contribution in [0.25, 0.3) is 0 Å². The Morgan fingerprint density at radius 3 is 2.29 bits per heavy atom. The van der Waals surface area contributed by atoms with Crippen LogP contribution in [0.3, 0.4) is 0 Å². The van der Waals surface area contributed by atoms with Gasteiger partial charge in [-0.25, -0.2) is 0 Å². The van der Waals surface area contributed by atoms with Crippen molar-refractivity contribution in [2.45, 2.75) is 65.6 Å². The minimum absolute atomic E-state index is 0.0126. The molecule has 0 bridgehead atoms. The van der Waals surface area contributed by atoms with Gasteiger partial charge in [-0.1, -0.05) is 29.4 Å². The van der Waals surface area contributed by atoms with Gasteiger partial charge in [-0.05, 0) is 71.6 Å². The molecule has 0 aromatic rings. The summed E-state index contributed by atoms with van der Waals surface area (Å²) in [6.07, 6.45) is 9.68. The number of carbonyl (C=O) groups excluding carboxylic acids is 1. The molecule has 0 aliphatic rings. The molecule has 0 aliphatic carbocycles. The van der Waals surface area contributed by atoms with Crippen LogP contribution in [0, 0.1) is 0 Å². The molecule has 0 saturated carbocycles. The number of aliphatic hydroxyl groups excluding tert-OH is 2. The van der Waals surface area contributed by atoms with Crippen molar-refractivity contribution in [3.8, 4) is 0 Å². The zero-order chi connectivity index (χ0) is 18.8. The van der Waals surface area contributed by atoms with Crippen LogP contribution in [0.2, 0.25) is 0 Å². The van der Waals surface area contributed by atoms with Gasteiger partial charge in [0.15, 0.2) is 5.78 Å². The van der Waals surface area contributed by atoms with Crippen LogP contribution in [-0.2, 0) is 4.79 Å². The topological polar surface area (TPSA) is 77.8 Å². The van der Waals surface area contributed by atoms with Gasteiger partial charge in [0.1, 0.15) is 0 Å². The van der Waals surface area contributed by atoms with Gasteiger partial charge >= 0.3 is 0 Å². The van der Waals surface area contributed by atoms with Crippen molar-refractivity contribution in [2.75, 3.05) is 6.61 Å². The molecule has 0 amide bonds. The molecule has 1 atom stereocenters. The van der Waals surface area contributed by atoms with E-state index in [4.69, 9.17) is 5.11 Å². The predicted octanol–water partition coefficient (Wildman–Crippen LogP) is 3.25. The summed E-state index contributed by atoms with van der Waals surface area (Å²) in [6.45, 7) is 8.81. The maximum Gasteiger partial charge on any atom is 0.180 e. The first-order valence-corrected chi connectivity index (χ1v) is 8.29. The quantitative estimate of drug-likeness (QED) is 0.423. The first kappa shape index (κ1) is 22.5. The Balaban J connectivity index is 4.46. The molecule has 0 aromatic heterocycles. The van der Waals surface area contributed by atoms with Crippen molar-refractivity contribution in [3.05, 3.63) is 47.1 Å². The lowest BCUT2D eigenvalue weighted by Gasteiger charge is -2.09. The Labute approximate surface area is 145 Å². The molecular weight excluding hydrogens is 304 g/mol. The molecule has 0 aliphatic heterocycles. The molecule has 3 N–H and O–H groups in total. The second-order valence-electron chi connectivity index (χ2n) is 6.79. The summed E-state index contributed by atoms with van der Waals surface area (Å²) in [5.74, 6) is -0.108. The molecule has 4 heteroatoms. The van der Waals surface area contributed by atoms with Crippen molar-refractivity contribution in [1.82, 2.24) is 0 Å². The van der Waals surface area contributed by atoms with E-state index in [1.165, 1.54) is 12.2 Å². The summed E-state index contributed by atoms with van der Waals surface area (Å²) in [5, 5.41) is 28.3. The Morgan fingerprint density at radius 1 is 1.12 bits per heavy atom. The van der Waals surface area contributed by atoms with E-state index in [0.29, 0.717) is 18.4 Å². The average molecular weight is 336 g/mol. The fraction of sp³-hybridized carbons (Fsp3) is 0.550. The molecule has 24 heavy (non-hydrogen) atoms. The molecule has 136 valence electrons. The summed E-state index contributed by atoms with van der Waals surface area (Å²) in [7, 11) is 0. The van der Waals surface area contributed by atoms with Gasteiger partial charge in [0.2, 0.25) is 0 Å². The van der Waals surface area contributed by atoms with Crippen LogP contribution in [0.15, 0.2) is 47.1 Å². The van der Waals surface area contributed by atoms with Crippen LogP contribution < -0.4 is 0 Å². The standard InChI is InChI=1S/C20H32O4/c1-15(13-18(22)14-16(2)10-12-21)7-6-8-17(3)19(23)9-11-20(4,5)24/h8-11,13,18,21-22,24H,6-7,12,14H2,1-5H3/b11-9+,15-13+,16-10+,17-8+. The molecule has 0 rings (SSSR count). The molecule has 0 heterocycles. The maximum atomic E-state index is 11.9. The van der Waals surface area contributed by atoms with Gasteiger partial charge in [0.05, 0.1) is 18.3 Å². The van der Waals surface area contributed by atoms with Gasteiger partial charge in [0, 0.05) is 0 Å². The highest BCUT2D eigenvalue weighted by Crippen LogP contribution is 2.12. The average Bonchev–Trinajstić information content (AvgIpc) is 2.43. The number of rotatable bonds is 10. The van der Waals surface area contributed by atoms with E-state index in [0.717, 1.165) is 17.6 Å². The summed E-state index contributed by atoms with van der Waals surface area (Å²) < 4.78 is 0. The molecular formula is C20H32O4. The minimum atomic E-state index is -0.992. The predicted molar refractivity (Wildman–Crippen MR) is 98.7 cm³/mol. The van der Waals surface area contributed by atoms with Crippen LogP contribution in [0.5, 0.6) is 0 Å². The van der Waals surface area contributed by atoms with Crippen molar-refractivity contribution in [1.29, 1.82) is 0 Å². The third kappa shape index (κ3) is 12.0. The highest BCUT2D eigenvalue weighted by atomic mass is 16.3. The molecule has 0 saturated heterocycles. The molecule has 0 spiro atoms. The monoisotopic (exact) mass is 336 g/mol. The van der Waals surface area contributed by atoms with E-state index in [-0.39, 0.29) is 12.4 Å². The number of hydrogen-bond donors (Lipinski definition) is 3. The lowest BCUT2D eigenvalue weighted by atomic mass is 10.0. The number of ketones is 1. The van der Waals surface area contributed by atoms with Crippen molar-refractivity contribution in [2.24, 2.45) is 0 Å². The summed E-state index contributed by atoms with van der Waals surface area (Å²) in [4.78, 5) is 11.9. The highest BCUT2D eigenvalue weighted by Gasteiger charge is 2.08. The van der Waals surface area contributed by atoms with E-state index >= 15 is 0 Å². The molecule has 0 fully saturated rings. The normalized spacial score (nSPS) is 15.9. The molecule has 0 aromatic carbocycles. The van der Waals surface area contributed by atoms with Crippen molar-refractivity contribution in [3.63, 3.8) is 0 Å². The van der Waals surface area contributed by atoms with Crippen LogP contribution in [0.1, 0.15) is 53.9 Å². The fourth-order valence-corrected chi connectivity index (χ4v) is 2.07. The zero-order valence-corrected chi connectivity index (χ0v) is 15.5. The molecule has 4 nitrogen and oxygen atoms in total. The summed E-state index contributed by atoms with van der Waals surface area (Å²) >= 11 is 0. The van der Waals surface area contributed by atoms with Gasteiger partial charge in [0.25, 0.3) is 0 Å². The lowest BCUT2D eigenvalue weighted by molar-refractivity contribution is -0.111. The van der Waals surface area contributed by atoms with Crippen molar-refractivity contribution >= 4 is 5.78 Å². The number of carbonyl (C=O) groups is 1. The van der Waals surface area contributed by atoms with Crippen molar-refractivity contribution < 1.29 is 20.1 Å². The second-order valence-corrected chi connectivity index (χ2v) is 6.79. The first-order chi connectivity index (χ1) is 11.0. The van der Waals surface area contributed by atoms with Gasteiger partial charge < -0.3 is 15.3 Å². The van der Waals surface area contributed by atoms with E-state index in [9.17, 15) is 15.0 Å². The summed E-state index contributed by atoms with van der Waals surface area (Å²) in [6, 6.07) is 0.